The Morgan fingerprint density at radius 2 is 1.83 bits per heavy atom. The van der Waals surface area contributed by atoms with Gasteiger partial charge in [0, 0.05) is 32.6 Å². The summed E-state index contributed by atoms with van der Waals surface area (Å²) in [5.74, 6) is 0.763. The zero-order valence-electron chi connectivity index (χ0n) is 16.3. The lowest BCUT2D eigenvalue weighted by Gasteiger charge is -2.43. The molecule has 0 aliphatic carbocycles. The van der Waals surface area contributed by atoms with Crippen LogP contribution in [-0.2, 0) is 20.9 Å². The molecule has 2 aliphatic heterocycles. The van der Waals surface area contributed by atoms with Gasteiger partial charge in [-0.1, -0.05) is 41.9 Å². The number of ether oxygens (including phenoxy) is 2. The standard InChI is InChI=1S/C21H25ClN4O3/c22-18-13-23-20(24-14-18)26-9-7-25(8-10-26)19(27)12-21(6-11-29-21)16-28-15-17-4-2-1-3-5-17/h1-5,13-14H,6-12,15-16H2. The number of anilines is 1. The van der Waals surface area contributed by atoms with Crippen molar-refractivity contribution in [3.63, 3.8) is 0 Å². The van der Waals surface area contributed by atoms with Gasteiger partial charge in [-0.25, -0.2) is 9.97 Å². The first-order valence-corrected chi connectivity index (χ1v) is 10.3. The molecule has 154 valence electrons. The lowest BCUT2D eigenvalue weighted by Crippen LogP contribution is -2.54. The minimum absolute atomic E-state index is 0.115. The van der Waals surface area contributed by atoms with Crippen molar-refractivity contribution in [3.8, 4) is 0 Å². The van der Waals surface area contributed by atoms with Crippen molar-refractivity contribution in [1.29, 1.82) is 0 Å². The van der Waals surface area contributed by atoms with Gasteiger partial charge in [-0.05, 0) is 5.56 Å². The molecule has 0 radical (unpaired) electrons. The molecule has 0 spiro atoms. The highest BCUT2D eigenvalue weighted by Gasteiger charge is 2.42. The highest BCUT2D eigenvalue weighted by molar-refractivity contribution is 6.30. The number of amides is 1. The SMILES string of the molecule is O=C(CC1(COCc2ccccc2)CCO1)N1CCN(c2ncc(Cl)cn2)CC1. The summed E-state index contributed by atoms with van der Waals surface area (Å²) >= 11 is 5.85. The monoisotopic (exact) mass is 416 g/mol. The van der Waals surface area contributed by atoms with E-state index in [9.17, 15) is 4.79 Å². The third kappa shape index (κ3) is 5.04. The van der Waals surface area contributed by atoms with Crippen LogP contribution in [0.3, 0.4) is 0 Å². The smallest absolute Gasteiger partial charge is 0.225 e. The molecule has 4 rings (SSSR count). The molecule has 1 aromatic heterocycles. The fourth-order valence-corrected chi connectivity index (χ4v) is 3.73. The molecule has 2 aromatic rings. The molecular formula is C21H25ClN4O3. The van der Waals surface area contributed by atoms with Crippen LogP contribution >= 0.6 is 11.6 Å². The molecule has 2 aliphatic rings. The summed E-state index contributed by atoms with van der Waals surface area (Å²) in [7, 11) is 0. The second kappa shape index (κ2) is 9.07. The lowest BCUT2D eigenvalue weighted by atomic mass is 9.91. The number of benzene rings is 1. The zero-order valence-corrected chi connectivity index (χ0v) is 17.1. The number of aromatic nitrogens is 2. The van der Waals surface area contributed by atoms with Gasteiger partial charge in [0.05, 0.1) is 43.7 Å². The maximum atomic E-state index is 12.9. The lowest BCUT2D eigenvalue weighted by molar-refractivity contribution is -0.192. The Morgan fingerprint density at radius 3 is 2.45 bits per heavy atom. The van der Waals surface area contributed by atoms with Crippen LogP contribution < -0.4 is 4.90 Å². The van der Waals surface area contributed by atoms with Crippen molar-refractivity contribution in [2.45, 2.75) is 25.0 Å². The Balaban J connectivity index is 1.25. The Morgan fingerprint density at radius 1 is 1.14 bits per heavy atom. The van der Waals surface area contributed by atoms with E-state index >= 15 is 0 Å². The molecule has 1 amide bonds. The van der Waals surface area contributed by atoms with Crippen LogP contribution in [0.1, 0.15) is 18.4 Å². The van der Waals surface area contributed by atoms with Crippen molar-refractivity contribution in [1.82, 2.24) is 14.9 Å². The van der Waals surface area contributed by atoms with E-state index in [2.05, 4.69) is 14.9 Å². The first-order chi connectivity index (χ1) is 14.1. The average Bonchev–Trinajstić information content (AvgIpc) is 2.73. The van der Waals surface area contributed by atoms with Gasteiger partial charge in [0.25, 0.3) is 0 Å². The van der Waals surface area contributed by atoms with Gasteiger partial charge in [-0.2, -0.15) is 0 Å². The van der Waals surface area contributed by atoms with E-state index in [0.717, 1.165) is 12.0 Å². The van der Waals surface area contributed by atoms with Crippen molar-refractivity contribution in [3.05, 3.63) is 53.3 Å². The molecule has 0 bridgehead atoms. The number of halogens is 1. The van der Waals surface area contributed by atoms with Crippen molar-refractivity contribution >= 4 is 23.5 Å². The third-order valence-corrected chi connectivity index (χ3v) is 5.63. The predicted octanol–water partition coefficient (Wildman–Crippen LogP) is 2.54. The molecule has 2 saturated heterocycles. The Labute approximate surface area is 175 Å². The van der Waals surface area contributed by atoms with E-state index in [1.807, 2.05) is 35.2 Å². The molecule has 0 saturated carbocycles. The van der Waals surface area contributed by atoms with Gasteiger partial charge in [0.15, 0.2) is 0 Å². The fraction of sp³-hybridized carbons (Fsp3) is 0.476. The van der Waals surface area contributed by atoms with Crippen LogP contribution in [0, 0.1) is 0 Å². The van der Waals surface area contributed by atoms with Gasteiger partial charge >= 0.3 is 0 Å². The predicted molar refractivity (Wildman–Crippen MR) is 110 cm³/mol. The van der Waals surface area contributed by atoms with Gasteiger partial charge in [0.1, 0.15) is 5.60 Å². The topological polar surface area (TPSA) is 67.8 Å². The number of hydrogen-bond acceptors (Lipinski definition) is 6. The molecule has 1 unspecified atom stereocenters. The molecule has 8 heteroatoms. The number of carbonyl (C=O) groups is 1. The average molecular weight is 417 g/mol. The highest BCUT2D eigenvalue weighted by Crippen LogP contribution is 2.32. The highest BCUT2D eigenvalue weighted by atomic mass is 35.5. The molecule has 0 N–H and O–H groups in total. The maximum Gasteiger partial charge on any atom is 0.225 e. The molecule has 2 fully saturated rings. The van der Waals surface area contributed by atoms with Crippen LogP contribution in [0.5, 0.6) is 0 Å². The molecule has 3 heterocycles. The van der Waals surface area contributed by atoms with E-state index in [4.69, 9.17) is 21.1 Å². The largest absolute Gasteiger partial charge is 0.374 e. The van der Waals surface area contributed by atoms with Crippen molar-refractivity contribution in [2.75, 3.05) is 44.3 Å². The summed E-state index contributed by atoms with van der Waals surface area (Å²) in [6, 6.07) is 10.0. The molecule has 29 heavy (non-hydrogen) atoms. The zero-order chi connectivity index (χ0) is 20.1. The quantitative estimate of drug-likeness (QED) is 0.691. The molecular weight excluding hydrogens is 392 g/mol. The maximum absolute atomic E-state index is 12.9. The van der Waals surface area contributed by atoms with Gasteiger partial charge in [-0.15, -0.1) is 0 Å². The number of piperazine rings is 1. The van der Waals surface area contributed by atoms with Crippen molar-refractivity contribution < 1.29 is 14.3 Å². The Hall–Kier alpha value is -2.22. The second-order valence-electron chi connectivity index (χ2n) is 7.51. The first-order valence-electron chi connectivity index (χ1n) is 9.89. The molecule has 1 atom stereocenters. The van der Waals surface area contributed by atoms with E-state index in [0.29, 0.717) is 63.4 Å². The van der Waals surface area contributed by atoms with Crippen LogP contribution in [0.2, 0.25) is 5.02 Å². The summed E-state index contributed by atoms with van der Waals surface area (Å²) in [6.45, 7) is 4.34. The normalized spacial score (nSPS) is 21.7. The van der Waals surface area contributed by atoms with E-state index < -0.39 is 5.60 Å². The summed E-state index contributed by atoms with van der Waals surface area (Å²) in [5.41, 5.74) is 0.635. The summed E-state index contributed by atoms with van der Waals surface area (Å²) in [6.07, 6.45) is 4.40. The van der Waals surface area contributed by atoms with Crippen LogP contribution in [-0.4, -0.2) is 65.8 Å². The number of carbonyl (C=O) groups excluding carboxylic acids is 1. The first kappa shape index (κ1) is 20.1. The fourth-order valence-electron chi connectivity index (χ4n) is 3.64. The summed E-state index contributed by atoms with van der Waals surface area (Å²) < 4.78 is 11.7. The summed E-state index contributed by atoms with van der Waals surface area (Å²) in [5, 5.41) is 0.517. The molecule has 7 nitrogen and oxygen atoms in total. The van der Waals surface area contributed by atoms with E-state index in [1.165, 1.54) is 0 Å². The van der Waals surface area contributed by atoms with Gasteiger partial charge in [-0.3, -0.25) is 4.79 Å². The second-order valence-corrected chi connectivity index (χ2v) is 7.94. The molecule has 1 aromatic carbocycles. The van der Waals surface area contributed by atoms with E-state index in [1.54, 1.807) is 12.4 Å². The Kier molecular flexibility index (Phi) is 6.28. The number of rotatable bonds is 7. The van der Waals surface area contributed by atoms with Crippen molar-refractivity contribution in [2.24, 2.45) is 0 Å². The summed E-state index contributed by atoms with van der Waals surface area (Å²) in [4.78, 5) is 25.3. The van der Waals surface area contributed by atoms with Gasteiger partial charge < -0.3 is 19.3 Å². The minimum Gasteiger partial charge on any atom is -0.374 e. The van der Waals surface area contributed by atoms with E-state index in [-0.39, 0.29) is 5.91 Å². The van der Waals surface area contributed by atoms with Crippen LogP contribution in [0.4, 0.5) is 5.95 Å². The number of nitrogens with zero attached hydrogens (tertiary/aromatic N) is 4. The number of hydrogen-bond donors (Lipinski definition) is 0. The van der Waals surface area contributed by atoms with Crippen LogP contribution in [0.15, 0.2) is 42.7 Å². The minimum atomic E-state index is -0.484. The Bertz CT molecular complexity index is 806. The van der Waals surface area contributed by atoms with Gasteiger partial charge in [0.2, 0.25) is 11.9 Å². The third-order valence-electron chi connectivity index (χ3n) is 5.44. The van der Waals surface area contributed by atoms with Crippen LogP contribution in [0.25, 0.3) is 0 Å².